The van der Waals surface area contributed by atoms with E-state index in [1.165, 1.54) is 17.8 Å². The zero-order valence-corrected chi connectivity index (χ0v) is 12.4. The summed E-state index contributed by atoms with van der Waals surface area (Å²) in [4.78, 5) is 11.0. The van der Waals surface area contributed by atoms with Gasteiger partial charge in [0.15, 0.2) is 0 Å². The van der Waals surface area contributed by atoms with Crippen LogP contribution in [0.3, 0.4) is 0 Å². The Balaban J connectivity index is 2.45. The first-order chi connectivity index (χ1) is 8.84. The Morgan fingerprint density at radius 1 is 1.53 bits per heavy atom. The first-order valence-electron chi connectivity index (χ1n) is 5.42. The quantitative estimate of drug-likeness (QED) is 0.918. The number of nitrogens with zero attached hydrogens (tertiary/aromatic N) is 1. The Morgan fingerprint density at radius 3 is 2.79 bits per heavy atom. The van der Waals surface area contributed by atoms with Crippen molar-refractivity contribution in [1.29, 1.82) is 0 Å². The van der Waals surface area contributed by atoms with Crippen LogP contribution in [-0.4, -0.2) is 41.5 Å². The molecule has 1 fully saturated rings. The molecule has 0 aliphatic carbocycles. The molecule has 0 spiro atoms. The van der Waals surface area contributed by atoms with Crippen molar-refractivity contribution in [3.05, 3.63) is 28.8 Å². The number of carboxylic acid groups (broad SMARTS) is 1. The van der Waals surface area contributed by atoms with Gasteiger partial charge in [-0.25, -0.2) is 8.42 Å². The standard InChI is InChI=1S/C11H12ClNO4S2/c1-7-2-3-10(8(12)4-7)19(16,17)13-6-18-5-9(13)11(14)15/h2-4,9H,5-6H2,1H3,(H,14,15). The van der Waals surface area contributed by atoms with Gasteiger partial charge in [0.1, 0.15) is 10.9 Å². The third-order valence-electron chi connectivity index (χ3n) is 2.80. The van der Waals surface area contributed by atoms with Crippen molar-refractivity contribution in [2.24, 2.45) is 0 Å². The van der Waals surface area contributed by atoms with Gasteiger partial charge < -0.3 is 5.11 Å². The van der Waals surface area contributed by atoms with Crippen molar-refractivity contribution in [2.75, 3.05) is 11.6 Å². The molecule has 1 aromatic carbocycles. The summed E-state index contributed by atoms with van der Waals surface area (Å²) in [6.45, 7) is 1.80. The highest BCUT2D eigenvalue weighted by molar-refractivity contribution is 8.00. The summed E-state index contributed by atoms with van der Waals surface area (Å²) in [5.74, 6) is -0.765. The monoisotopic (exact) mass is 321 g/mol. The first kappa shape index (κ1) is 14.6. The molecule has 0 saturated carbocycles. The highest BCUT2D eigenvalue weighted by Gasteiger charge is 2.40. The lowest BCUT2D eigenvalue weighted by molar-refractivity contribution is -0.140. The van der Waals surface area contributed by atoms with Gasteiger partial charge in [0.2, 0.25) is 10.0 Å². The number of rotatable bonds is 3. The molecule has 1 atom stereocenters. The maximum absolute atomic E-state index is 12.4. The molecule has 0 amide bonds. The highest BCUT2D eigenvalue weighted by atomic mass is 35.5. The molecule has 2 rings (SSSR count). The number of thioether (sulfide) groups is 1. The van der Waals surface area contributed by atoms with E-state index in [4.69, 9.17) is 16.7 Å². The lowest BCUT2D eigenvalue weighted by Crippen LogP contribution is -2.41. The minimum absolute atomic E-state index is 0.0477. The predicted octanol–water partition coefficient (Wildman–Crippen LogP) is 1.80. The zero-order chi connectivity index (χ0) is 14.2. The number of carboxylic acids is 1. The predicted molar refractivity (Wildman–Crippen MR) is 74.0 cm³/mol. The van der Waals surface area contributed by atoms with Crippen LogP contribution in [0.1, 0.15) is 5.56 Å². The summed E-state index contributed by atoms with van der Waals surface area (Å²) in [6, 6.07) is 3.56. The van der Waals surface area contributed by atoms with Crippen LogP contribution < -0.4 is 0 Å². The number of sulfonamides is 1. The Labute approximate surface area is 120 Å². The largest absolute Gasteiger partial charge is 0.480 e. The first-order valence-corrected chi connectivity index (χ1v) is 8.40. The fraction of sp³-hybridized carbons (Fsp3) is 0.364. The topological polar surface area (TPSA) is 74.7 Å². The van der Waals surface area contributed by atoms with Gasteiger partial charge in [0.05, 0.1) is 10.9 Å². The van der Waals surface area contributed by atoms with Crippen LogP contribution in [0, 0.1) is 6.92 Å². The average molecular weight is 322 g/mol. The molecular weight excluding hydrogens is 310 g/mol. The molecule has 5 nitrogen and oxygen atoms in total. The maximum atomic E-state index is 12.4. The molecule has 8 heteroatoms. The van der Waals surface area contributed by atoms with Gasteiger partial charge in [-0.05, 0) is 24.6 Å². The van der Waals surface area contributed by atoms with E-state index in [2.05, 4.69) is 0 Å². The summed E-state index contributed by atoms with van der Waals surface area (Å²) in [7, 11) is -3.88. The Bertz CT molecular complexity index is 617. The van der Waals surface area contributed by atoms with Crippen LogP contribution in [0.4, 0.5) is 0 Å². The van der Waals surface area contributed by atoms with Crippen molar-refractivity contribution in [3.63, 3.8) is 0 Å². The van der Waals surface area contributed by atoms with Crippen LogP contribution in [0.2, 0.25) is 5.02 Å². The summed E-state index contributed by atoms with van der Waals surface area (Å²) in [5.41, 5.74) is 0.842. The lowest BCUT2D eigenvalue weighted by atomic mass is 10.2. The number of aliphatic carboxylic acids is 1. The second kappa shape index (κ2) is 5.32. The van der Waals surface area contributed by atoms with E-state index in [0.717, 1.165) is 9.87 Å². The van der Waals surface area contributed by atoms with E-state index in [1.54, 1.807) is 19.1 Å². The van der Waals surface area contributed by atoms with E-state index in [1.807, 2.05) is 0 Å². The van der Waals surface area contributed by atoms with Gasteiger partial charge in [0.25, 0.3) is 0 Å². The molecule has 1 unspecified atom stereocenters. The SMILES string of the molecule is Cc1ccc(S(=O)(=O)N2CSCC2C(=O)O)c(Cl)c1. The minimum atomic E-state index is -3.88. The van der Waals surface area contributed by atoms with E-state index >= 15 is 0 Å². The number of halogens is 1. The Kier molecular flexibility index (Phi) is 4.10. The van der Waals surface area contributed by atoms with E-state index in [0.29, 0.717) is 0 Å². The van der Waals surface area contributed by atoms with Crippen molar-refractivity contribution >= 4 is 39.4 Å². The van der Waals surface area contributed by atoms with Crippen molar-refractivity contribution in [1.82, 2.24) is 4.31 Å². The van der Waals surface area contributed by atoms with Crippen molar-refractivity contribution in [3.8, 4) is 0 Å². The molecule has 1 heterocycles. The number of hydrogen-bond donors (Lipinski definition) is 1. The molecule has 1 aromatic rings. The molecule has 0 aromatic heterocycles. The third-order valence-corrected chi connectivity index (χ3v) is 6.31. The second-order valence-corrected chi connectivity index (χ2v) is 7.45. The number of carbonyl (C=O) groups is 1. The van der Waals surface area contributed by atoms with Crippen molar-refractivity contribution in [2.45, 2.75) is 17.9 Å². The smallest absolute Gasteiger partial charge is 0.322 e. The summed E-state index contributed by atoms with van der Waals surface area (Å²) >= 11 is 7.23. The van der Waals surface area contributed by atoms with Crippen LogP contribution in [0.25, 0.3) is 0 Å². The van der Waals surface area contributed by atoms with Crippen LogP contribution in [0.15, 0.2) is 23.1 Å². The van der Waals surface area contributed by atoms with Crippen LogP contribution in [0.5, 0.6) is 0 Å². The summed E-state index contributed by atoms with van der Waals surface area (Å²) < 4.78 is 25.9. The van der Waals surface area contributed by atoms with Crippen LogP contribution >= 0.6 is 23.4 Å². The molecule has 0 bridgehead atoms. The zero-order valence-electron chi connectivity index (χ0n) is 10.0. The van der Waals surface area contributed by atoms with E-state index in [9.17, 15) is 13.2 Å². The maximum Gasteiger partial charge on any atom is 0.322 e. The number of aryl methyl sites for hydroxylation is 1. The van der Waals surface area contributed by atoms with Gasteiger partial charge in [-0.3, -0.25) is 4.79 Å². The second-order valence-electron chi connectivity index (χ2n) is 4.18. The molecule has 1 saturated heterocycles. The molecule has 104 valence electrons. The molecular formula is C11H12ClNO4S2. The van der Waals surface area contributed by atoms with Gasteiger partial charge in [-0.2, -0.15) is 4.31 Å². The molecule has 1 aliphatic heterocycles. The van der Waals surface area contributed by atoms with E-state index < -0.39 is 22.0 Å². The molecule has 0 radical (unpaired) electrons. The van der Waals surface area contributed by atoms with Crippen molar-refractivity contribution < 1.29 is 18.3 Å². The van der Waals surface area contributed by atoms with Crippen LogP contribution in [-0.2, 0) is 14.8 Å². The number of hydrogen-bond acceptors (Lipinski definition) is 4. The minimum Gasteiger partial charge on any atom is -0.480 e. The fourth-order valence-corrected chi connectivity index (χ4v) is 5.51. The summed E-state index contributed by atoms with van der Waals surface area (Å²) in [5, 5.41) is 9.17. The molecule has 19 heavy (non-hydrogen) atoms. The van der Waals surface area contributed by atoms with Gasteiger partial charge in [0, 0.05) is 5.75 Å². The molecule has 1 aliphatic rings. The van der Waals surface area contributed by atoms with Gasteiger partial charge in [-0.15, -0.1) is 11.8 Å². The molecule has 1 N–H and O–H groups in total. The van der Waals surface area contributed by atoms with Gasteiger partial charge >= 0.3 is 5.97 Å². The highest BCUT2D eigenvalue weighted by Crippen LogP contribution is 2.32. The summed E-state index contributed by atoms with van der Waals surface area (Å²) in [6.07, 6.45) is 0. The van der Waals surface area contributed by atoms with Gasteiger partial charge in [-0.1, -0.05) is 17.7 Å². The third kappa shape index (κ3) is 2.74. The Morgan fingerprint density at radius 2 is 2.21 bits per heavy atom. The lowest BCUT2D eigenvalue weighted by Gasteiger charge is -2.20. The average Bonchev–Trinajstić information content (AvgIpc) is 2.77. The fourth-order valence-electron chi connectivity index (χ4n) is 1.80. The normalized spacial score (nSPS) is 20.6. The Hall–Kier alpha value is -0.760. The van der Waals surface area contributed by atoms with E-state index in [-0.39, 0.29) is 21.5 Å². The number of benzene rings is 1.